The number of hydrogen-bond donors (Lipinski definition) is 1. The Hall–Kier alpha value is -3.20. The number of likely N-dealkylation sites (N-methyl/N-ethyl adjacent to an activating group) is 1. The number of carbonyl (C=O) groups excluding carboxylic acids is 2. The molecule has 1 atom stereocenters. The highest BCUT2D eigenvalue weighted by atomic mass is 35.5. The van der Waals surface area contributed by atoms with E-state index in [2.05, 4.69) is 5.32 Å². The smallest absolute Gasteiger partial charge is 0.243 e. The molecule has 202 valence electrons. The van der Waals surface area contributed by atoms with Gasteiger partial charge >= 0.3 is 0 Å². The second-order valence-electron chi connectivity index (χ2n) is 9.16. The van der Waals surface area contributed by atoms with E-state index >= 15 is 0 Å². The Morgan fingerprint density at radius 3 is 2.21 bits per heavy atom. The van der Waals surface area contributed by atoms with Crippen LogP contribution in [0.3, 0.4) is 0 Å². The van der Waals surface area contributed by atoms with E-state index in [9.17, 15) is 18.0 Å². The number of halogens is 1. The Bertz CT molecular complexity index is 1330. The molecule has 0 aliphatic rings. The van der Waals surface area contributed by atoms with E-state index in [1.54, 1.807) is 0 Å². The van der Waals surface area contributed by atoms with E-state index in [1.807, 2.05) is 68.4 Å². The SMILES string of the molecule is CCCNC(=O)[C@@H](Cc1ccccc1)N(Cc1ccccc1C)C(=O)CN(C)S(=O)(=O)c1ccc(Cl)cc1. The second kappa shape index (κ2) is 13.6. The molecule has 3 rings (SSSR count). The van der Waals surface area contributed by atoms with Crippen molar-refractivity contribution in [3.8, 4) is 0 Å². The summed E-state index contributed by atoms with van der Waals surface area (Å²) in [6, 6.07) is 22.1. The quantitative estimate of drug-likeness (QED) is 0.358. The average Bonchev–Trinajstić information content (AvgIpc) is 2.91. The van der Waals surface area contributed by atoms with Crippen LogP contribution in [-0.2, 0) is 32.6 Å². The molecule has 0 aliphatic carbocycles. The molecule has 0 unspecified atom stereocenters. The van der Waals surface area contributed by atoms with Crippen LogP contribution in [0.2, 0.25) is 5.02 Å². The fourth-order valence-corrected chi connectivity index (χ4v) is 5.29. The molecule has 0 saturated carbocycles. The third-order valence-corrected chi connectivity index (χ3v) is 8.37. The molecule has 0 saturated heterocycles. The number of hydrogen-bond acceptors (Lipinski definition) is 4. The van der Waals surface area contributed by atoms with Crippen LogP contribution in [0.5, 0.6) is 0 Å². The van der Waals surface area contributed by atoms with E-state index in [0.29, 0.717) is 18.0 Å². The highest BCUT2D eigenvalue weighted by Crippen LogP contribution is 2.20. The molecular formula is C29H34ClN3O4S. The fourth-order valence-electron chi connectivity index (χ4n) is 4.04. The van der Waals surface area contributed by atoms with Gasteiger partial charge in [0, 0.05) is 31.6 Å². The lowest BCUT2D eigenvalue weighted by Gasteiger charge is -2.33. The first-order valence-corrected chi connectivity index (χ1v) is 14.3. The van der Waals surface area contributed by atoms with Gasteiger partial charge in [0.2, 0.25) is 21.8 Å². The van der Waals surface area contributed by atoms with Crippen LogP contribution < -0.4 is 5.32 Å². The highest BCUT2D eigenvalue weighted by molar-refractivity contribution is 7.89. The lowest BCUT2D eigenvalue weighted by molar-refractivity contribution is -0.141. The molecule has 0 radical (unpaired) electrons. The number of nitrogens with one attached hydrogen (secondary N) is 1. The maximum Gasteiger partial charge on any atom is 0.243 e. The van der Waals surface area contributed by atoms with Gasteiger partial charge in [0.05, 0.1) is 11.4 Å². The lowest BCUT2D eigenvalue weighted by Crippen LogP contribution is -2.53. The molecule has 1 N–H and O–H groups in total. The van der Waals surface area contributed by atoms with Crippen LogP contribution in [0.1, 0.15) is 30.0 Å². The molecule has 0 bridgehead atoms. The Balaban J connectivity index is 1.97. The number of carbonyl (C=O) groups is 2. The predicted molar refractivity (Wildman–Crippen MR) is 150 cm³/mol. The maximum absolute atomic E-state index is 13.8. The van der Waals surface area contributed by atoms with Crippen molar-refractivity contribution in [1.82, 2.24) is 14.5 Å². The maximum atomic E-state index is 13.8. The van der Waals surface area contributed by atoms with Crippen molar-refractivity contribution in [3.63, 3.8) is 0 Å². The zero-order valence-electron chi connectivity index (χ0n) is 21.9. The summed E-state index contributed by atoms with van der Waals surface area (Å²) < 4.78 is 27.4. The van der Waals surface area contributed by atoms with E-state index in [0.717, 1.165) is 27.4 Å². The molecule has 3 aromatic carbocycles. The van der Waals surface area contributed by atoms with E-state index < -0.39 is 28.5 Å². The average molecular weight is 556 g/mol. The molecule has 0 aromatic heterocycles. The molecule has 0 spiro atoms. The number of amides is 2. The zero-order chi connectivity index (χ0) is 27.7. The summed E-state index contributed by atoms with van der Waals surface area (Å²) in [5.74, 6) is -0.748. The molecule has 9 heteroatoms. The van der Waals surface area contributed by atoms with Crippen molar-refractivity contribution in [1.29, 1.82) is 0 Å². The second-order valence-corrected chi connectivity index (χ2v) is 11.6. The third-order valence-electron chi connectivity index (χ3n) is 6.30. The van der Waals surface area contributed by atoms with E-state index in [-0.39, 0.29) is 17.3 Å². The number of sulfonamides is 1. The van der Waals surface area contributed by atoms with Crippen LogP contribution in [0.25, 0.3) is 0 Å². The van der Waals surface area contributed by atoms with Gasteiger partial charge in [-0.15, -0.1) is 0 Å². The summed E-state index contributed by atoms with van der Waals surface area (Å²) in [6.45, 7) is 4.11. The zero-order valence-corrected chi connectivity index (χ0v) is 23.5. The molecule has 3 aromatic rings. The van der Waals surface area contributed by atoms with Crippen molar-refractivity contribution in [2.45, 2.75) is 44.2 Å². The van der Waals surface area contributed by atoms with Crippen LogP contribution in [-0.4, -0.2) is 55.6 Å². The summed E-state index contributed by atoms with van der Waals surface area (Å²) in [7, 11) is -2.60. The molecule has 0 aliphatic heterocycles. The number of aryl methyl sites for hydroxylation is 1. The largest absolute Gasteiger partial charge is 0.354 e. The van der Waals surface area contributed by atoms with Gasteiger partial charge in [0.25, 0.3) is 0 Å². The van der Waals surface area contributed by atoms with Crippen molar-refractivity contribution in [3.05, 3.63) is 101 Å². The summed E-state index contributed by atoms with van der Waals surface area (Å²) in [5, 5.41) is 3.34. The summed E-state index contributed by atoms with van der Waals surface area (Å²) >= 11 is 5.92. The van der Waals surface area contributed by atoms with Gasteiger partial charge in [-0.2, -0.15) is 4.31 Å². The molecule has 7 nitrogen and oxygen atoms in total. The van der Waals surface area contributed by atoms with Crippen LogP contribution in [0.15, 0.2) is 83.8 Å². The van der Waals surface area contributed by atoms with Crippen LogP contribution in [0, 0.1) is 6.92 Å². The summed E-state index contributed by atoms with van der Waals surface area (Å²) in [4.78, 5) is 28.8. The Kier molecular flexibility index (Phi) is 10.5. The van der Waals surface area contributed by atoms with Gasteiger partial charge in [-0.25, -0.2) is 8.42 Å². The minimum atomic E-state index is -3.96. The number of nitrogens with zero attached hydrogens (tertiary/aromatic N) is 2. The summed E-state index contributed by atoms with van der Waals surface area (Å²) in [5.41, 5.74) is 2.75. The first-order chi connectivity index (χ1) is 18.1. The monoisotopic (exact) mass is 555 g/mol. The number of rotatable bonds is 12. The molecule has 0 fully saturated rings. The van der Waals surface area contributed by atoms with Gasteiger partial charge in [0.15, 0.2) is 0 Å². The van der Waals surface area contributed by atoms with Gasteiger partial charge < -0.3 is 10.2 Å². The van der Waals surface area contributed by atoms with Gasteiger partial charge in [-0.3, -0.25) is 9.59 Å². The standard InChI is InChI=1S/C29H34ClN3O4S/c1-4-18-31-29(35)27(19-23-11-6-5-7-12-23)33(20-24-13-9-8-10-22(24)2)28(34)21-32(3)38(36,37)26-16-14-25(30)15-17-26/h5-17,27H,4,18-21H2,1-3H3,(H,31,35)/t27-/m1/s1. The van der Waals surface area contributed by atoms with Gasteiger partial charge in [0.1, 0.15) is 6.04 Å². The molecular weight excluding hydrogens is 522 g/mol. The Morgan fingerprint density at radius 1 is 0.947 bits per heavy atom. The molecule has 2 amide bonds. The predicted octanol–water partition coefficient (Wildman–Crippen LogP) is 4.44. The fraction of sp³-hybridized carbons (Fsp3) is 0.310. The highest BCUT2D eigenvalue weighted by Gasteiger charge is 2.33. The Morgan fingerprint density at radius 2 is 1.58 bits per heavy atom. The van der Waals surface area contributed by atoms with Crippen molar-refractivity contribution in [2.75, 3.05) is 20.1 Å². The molecule has 0 heterocycles. The summed E-state index contributed by atoms with van der Waals surface area (Å²) in [6.07, 6.45) is 1.04. The lowest BCUT2D eigenvalue weighted by atomic mass is 10.0. The van der Waals surface area contributed by atoms with Crippen molar-refractivity contribution in [2.24, 2.45) is 0 Å². The minimum absolute atomic E-state index is 0.0316. The van der Waals surface area contributed by atoms with Crippen LogP contribution >= 0.6 is 11.6 Å². The first-order valence-electron chi connectivity index (χ1n) is 12.5. The molecule has 38 heavy (non-hydrogen) atoms. The number of benzene rings is 3. The minimum Gasteiger partial charge on any atom is -0.354 e. The van der Waals surface area contributed by atoms with Crippen molar-refractivity contribution < 1.29 is 18.0 Å². The van der Waals surface area contributed by atoms with Crippen LogP contribution in [0.4, 0.5) is 0 Å². The van der Waals surface area contributed by atoms with Gasteiger partial charge in [-0.05, 0) is 54.3 Å². The topological polar surface area (TPSA) is 86.8 Å². The Labute approximate surface area is 230 Å². The van der Waals surface area contributed by atoms with Gasteiger partial charge in [-0.1, -0.05) is 73.1 Å². The first kappa shape index (κ1) is 29.4. The third kappa shape index (κ3) is 7.66. The normalized spacial score (nSPS) is 12.2. The van der Waals surface area contributed by atoms with Crippen molar-refractivity contribution >= 4 is 33.4 Å². The van der Waals surface area contributed by atoms with E-state index in [4.69, 9.17) is 11.6 Å². The van der Waals surface area contributed by atoms with E-state index in [1.165, 1.54) is 36.2 Å².